The molecule has 0 saturated carbocycles. The number of anilines is 1. The molecule has 4 rings (SSSR count). The number of nitrogens with zero attached hydrogens (tertiary/aromatic N) is 3. The molecule has 2 saturated heterocycles. The maximum absolute atomic E-state index is 13.3. The molecular weight excluding hydrogens is 418 g/mol. The number of aryl methyl sites for hydroxylation is 2. The third-order valence-electron chi connectivity index (χ3n) is 6.28. The van der Waals surface area contributed by atoms with Crippen LogP contribution in [0.3, 0.4) is 0 Å². The van der Waals surface area contributed by atoms with Crippen LogP contribution in [0.15, 0.2) is 33.7 Å². The van der Waals surface area contributed by atoms with Crippen LogP contribution in [-0.2, 0) is 14.8 Å². The summed E-state index contributed by atoms with van der Waals surface area (Å²) in [6.07, 6.45) is 1.85. The Hall–Kier alpha value is -2.39. The summed E-state index contributed by atoms with van der Waals surface area (Å²) < 4.78 is 38.4. The Bertz CT molecular complexity index is 1050. The fourth-order valence-corrected chi connectivity index (χ4v) is 6.37. The van der Waals surface area contributed by atoms with Gasteiger partial charge in [0.15, 0.2) is 5.76 Å². The first-order chi connectivity index (χ1) is 14.6. The van der Waals surface area contributed by atoms with Crippen molar-refractivity contribution in [1.82, 2.24) is 9.46 Å². The van der Waals surface area contributed by atoms with Crippen LogP contribution >= 0.6 is 0 Å². The Morgan fingerprint density at radius 3 is 2.23 bits per heavy atom. The lowest BCUT2D eigenvalue weighted by molar-refractivity contribution is -0.127. The lowest BCUT2D eigenvalue weighted by atomic mass is 9.77. The van der Waals surface area contributed by atoms with E-state index >= 15 is 0 Å². The van der Waals surface area contributed by atoms with Crippen molar-refractivity contribution in [3.8, 4) is 5.75 Å². The standard InChI is InChI=1S/C22H29N3O5S/c1-15(2)29-19-7-5-18(6-8-19)25-14-11-22(21(25)26)9-12-24(13-10-22)31(27,28)20-16(3)23-30-17(20)4/h5-8,15H,9-14H2,1-4H3. The normalized spacial score (nSPS) is 19.5. The van der Waals surface area contributed by atoms with Gasteiger partial charge in [0.2, 0.25) is 15.9 Å². The number of carbonyl (C=O) groups excluding carboxylic acids is 1. The minimum absolute atomic E-state index is 0.0828. The van der Waals surface area contributed by atoms with E-state index in [1.165, 1.54) is 4.31 Å². The molecule has 1 spiro atoms. The lowest BCUT2D eigenvalue weighted by Crippen LogP contribution is -2.46. The maximum Gasteiger partial charge on any atom is 0.248 e. The number of hydrogen-bond donors (Lipinski definition) is 0. The Morgan fingerprint density at radius 1 is 1.06 bits per heavy atom. The van der Waals surface area contributed by atoms with Gasteiger partial charge in [-0.2, -0.15) is 4.31 Å². The van der Waals surface area contributed by atoms with Crippen LogP contribution in [-0.4, -0.2) is 49.5 Å². The molecule has 1 aromatic carbocycles. The summed E-state index contributed by atoms with van der Waals surface area (Å²) in [6, 6.07) is 7.58. The SMILES string of the molecule is Cc1noc(C)c1S(=O)(=O)N1CCC2(CCN(c3ccc(OC(C)C)cc3)C2=O)CC1. The fraction of sp³-hybridized carbons (Fsp3) is 0.545. The van der Waals surface area contributed by atoms with E-state index in [-0.39, 0.29) is 16.9 Å². The van der Waals surface area contributed by atoms with Crippen molar-refractivity contribution < 1.29 is 22.5 Å². The average Bonchev–Trinajstić information content (AvgIpc) is 3.22. The molecule has 31 heavy (non-hydrogen) atoms. The molecule has 2 aliphatic rings. The van der Waals surface area contributed by atoms with Crippen LogP contribution in [0.2, 0.25) is 0 Å². The zero-order chi connectivity index (χ0) is 22.4. The minimum Gasteiger partial charge on any atom is -0.491 e. The van der Waals surface area contributed by atoms with E-state index < -0.39 is 15.4 Å². The monoisotopic (exact) mass is 447 g/mol. The number of hydrogen-bond acceptors (Lipinski definition) is 6. The van der Waals surface area contributed by atoms with Gasteiger partial charge in [-0.05, 0) is 71.2 Å². The minimum atomic E-state index is -3.69. The number of carbonyl (C=O) groups is 1. The average molecular weight is 448 g/mol. The molecule has 0 atom stereocenters. The van der Waals surface area contributed by atoms with Crippen LogP contribution in [0, 0.1) is 19.3 Å². The highest BCUT2D eigenvalue weighted by molar-refractivity contribution is 7.89. The highest BCUT2D eigenvalue weighted by atomic mass is 32.2. The first kappa shape index (κ1) is 21.8. The first-order valence-corrected chi connectivity index (χ1v) is 12.1. The third-order valence-corrected chi connectivity index (χ3v) is 8.42. The van der Waals surface area contributed by atoms with Gasteiger partial charge in [-0.3, -0.25) is 4.79 Å². The van der Waals surface area contributed by atoms with Gasteiger partial charge in [-0.15, -0.1) is 0 Å². The van der Waals surface area contributed by atoms with Crippen molar-refractivity contribution in [3.05, 3.63) is 35.7 Å². The lowest BCUT2D eigenvalue weighted by Gasteiger charge is -2.37. The number of benzene rings is 1. The zero-order valence-corrected chi connectivity index (χ0v) is 19.2. The summed E-state index contributed by atoms with van der Waals surface area (Å²) in [7, 11) is -3.69. The molecule has 2 aliphatic heterocycles. The molecule has 8 nitrogen and oxygen atoms in total. The summed E-state index contributed by atoms with van der Waals surface area (Å²) >= 11 is 0. The van der Waals surface area contributed by atoms with Gasteiger partial charge in [-0.25, -0.2) is 8.42 Å². The molecule has 0 bridgehead atoms. The molecule has 0 N–H and O–H groups in total. The van der Waals surface area contributed by atoms with Crippen LogP contribution in [0.5, 0.6) is 5.75 Å². The van der Waals surface area contributed by atoms with Gasteiger partial charge in [0.25, 0.3) is 0 Å². The Kier molecular flexibility index (Phi) is 5.59. The Labute approximate surface area is 183 Å². The highest BCUT2D eigenvalue weighted by Crippen LogP contribution is 2.44. The van der Waals surface area contributed by atoms with E-state index in [4.69, 9.17) is 9.26 Å². The first-order valence-electron chi connectivity index (χ1n) is 10.7. The smallest absolute Gasteiger partial charge is 0.248 e. The van der Waals surface area contributed by atoms with Crippen LogP contribution < -0.4 is 9.64 Å². The van der Waals surface area contributed by atoms with Crippen molar-refractivity contribution in [2.24, 2.45) is 5.41 Å². The second-order valence-electron chi connectivity index (χ2n) is 8.71. The van der Waals surface area contributed by atoms with Crippen molar-refractivity contribution in [2.75, 3.05) is 24.5 Å². The predicted octanol–water partition coefficient (Wildman–Crippen LogP) is 3.29. The summed E-state index contributed by atoms with van der Waals surface area (Å²) in [5.74, 6) is 1.16. The molecule has 1 amide bonds. The number of ether oxygens (including phenoxy) is 1. The quantitative estimate of drug-likeness (QED) is 0.698. The summed E-state index contributed by atoms with van der Waals surface area (Å²) in [5.41, 5.74) is 0.715. The van der Waals surface area contributed by atoms with E-state index in [0.717, 1.165) is 17.9 Å². The van der Waals surface area contributed by atoms with Crippen LogP contribution in [0.4, 0.5) is 5.69 Å². The van der Waals surface area contributed by atoms with Gasteiger partial charge in [0.05, 0.1) is 11.5 Å². The van der Waals surface area contributed by atoms with Crippen molar-refractivity contribution in [3.63, 3.8) is 0 Å². The largest absolute Gasteiger partial charge is 0.491 e. The molecule has 0 radical (unpaired) electrons. The van der Waals surface area contributed by atoms with E-state index in [0.29, 0.717) is 43.9 Å². The number of aromatic nitrogens is 1. The third kappa shape index (κ3) is 3.85. The van der Waals surface area contributed by atoms with Crippen molar-refractivity contribution in [2.45, 2.75) is 58.0 Å². The Balaban J connectivity index is 1.46. The maximum atomic E-state index is 13.3. The van der Waals surface area contributed by atoms with E-state index in [1.54, 1.807) is 13.8 Å². The molecule has 0 unspecified atom stereocenters. The van der Waals surface area contributed by atoms with Crippen molar-refractivity contribution in [1.29, 1.82) is 0 Å². The molecule has 0 aliphatic carbocycles. The van der Waals surface area contributed by atoms with Gasteiger partial charge in [-0.1, -0.05) is 5.16 Å². The number of sulfonamides is 1. The molecule has 2 fully saturated rings. The zero-order valence-electron chi connectivity index (χ0n) is 18.4. The molecular formula is C22H29N3O5S. The predicted molar refractivity (Wildman–Crippen MR) is 116 cm³/mol. The molecule has 9 heteroatoms. The second-order valence-corrected chi connectivity index (χ2v) is 10.6. The molecule has 168 valence electrons. The summed E-state index contributed by atoms with van der Waals surface area (Å²) in [6.45, 7) is 8.44. The summed E-state index contributed by atoms with van der Waals surface area (Å²) in [5, 5.41) is 3.78. The summed E-state index contributed by atoms with van der Waals surface area (Å²) in [4.78, 5) is 15.3. The van der Waals surface area contributed by atoms with Gasteiger partial charge in [0, 0.05) is 25.3 Å². The van der Waals surface area contributed by atoms with Gasteiger partial charge in [0.1, 0.15) is 16.3 Å². The second kappa shape index (κ2) is 7.94. The van der Waals surface area contributed by atoms with Crippen LogP contribution in [0.25, 0.3) is 0 Å². The Morgan fingerprint density at radius 2 is 1.68 bits per heavy atom. The van der Waals surface area contributed by atoms with Gasteiger partial charge < -0.3 is 14.2 Å². The molecule has 2 aromatic rings. The van der Waals surface area contributed by atoms with E-state index in [2.05, 4.69) is 5.16 Å². The highest BCUT2D eigenvalue weighted by Gasteiger charge is 2.50. The van der Waals surface area contributed by atoms with Gasteiger partial charge >= 0.3 is 0 Å². The van der Waals surface area contributed by atoms with E-state index in [9.17, 15) is 13.2 Å². The number of piperidine rings is 1. The molecule has 3 heterocycles. The number of amides is 1. The molecule has 1 aromatic heterocycles. The van der Waals surface area contributed by atoms with E-state index in [1.807, 2.05) is 43.0 Å². The van der Waals surface area contributed by atoms with Crippen LogP contribution in [0.1, 0.15) is 44.6 Å². The topological polar surface area (TPSA) is 93.0 Å². The number of rotatable bonds is 5. The van der Waals surface area contributed by atoms with Crippen molar-refractivity contribution >= 4 is 21.6 Å². The fourth-order valence-electron chi connectivity index (χ4n) is 4.63.